The van der Waals surface area contributed by atoms with Gasteiger partial charge in [-0.2, -0.15) is 0 Å². The molecule has 0 spiro atoms. The summed E-state index contributed by atoms with van der Waals surface area (Å²) in [7, 11) is 0. The summed E-state index contributed by atoms with van der Waals surface area (Å²) in [6, 6.07) is 5.51. The van der Waals surface area contributed by atoms with Crippen molar-refractivity contribution in [2.45, 2.75) is 58.2 Å². The first kappa shape index (κ1) is 14.7. The number of hydrogen-bond acceptors (Lipinski definition) is 2. The lowest BCUT2D eigenvalue weighted by Gasteiger charge is -2.42. The summed E-state index contributed by atoms with van der Waals surface area (Å²) in [4.78, 5) is 0. The van der Waals surface area contributed by atoms with Crippen molar-refractivity contribution in [1.29, 1.82) is 0 Å². The van der Waals surface area contributed by atoms with Crippen LogP contribution in [0.5, 0.6) is 5.75 Å². The molecule has 3 heteroatoms. The molecule has 0 saturated carbocycles. The van der Waals surface area contributed by atoms with E-state index in [0.717, 1.165) is 30.6 Å². The van der Waals surface area contributed by atoms with E-state index in [9.17, 15) is 5.11 Å². The maximum atomic E-state index is 10.4. The Hall–Kier alpha value is -0.730. The number of rotatable bonds is 4. The van der Waals surface area contributed by atoms with E-state index in [1.165, 1.54) is 0 Å². The van der Waals surface area contributed by atoms with Gasteiger partial charge in [-0.25, -0.2) is 0 Å². The molecular formula is C16H23ClO2. The maximum Gasteiger partial charge on any atom is 0.126 e. The van der Waals surface area contributed by atoms with E-state index >= 15 is 0 Å². The Morgan fingerprint density at radius 2 is 2.21 bits per heavy atom. The SMILES string of the molecule is CCC(C)CC1(CC)CC(O)c2cc(Cl)ccc2O1. The van der Waals surface area contributed by atoms with Gasteiger partial charge in [-0.15, -0.1) is 0 Å². The first-order valence-electron chi connectivity index (χ1n) is 7.16. The highest BCUT2D eigenvalue weighted by molar-refractivity contribution is 6.30. The molecule has 3 unspecified atom stereocenters. The fourth-order valence-corrected chi connectivity index (χ4v) is 3.06. The van der Waals surface area contributed by atoms with Gasteiger partial charge in [0.25, 0.3) is 0 Å². The lowest BCUT2D eigenvalue weighted by atomic mass is 9.80. The molecule has 1 N–H and O–H groups in total. The summed E-state index contributed by atoms with van der Waals surface area (Å²) in [5.41, 5.74) is 0.580. The molecule has 1 heterocycles. The fraction of sp³-hybridized carbons (Fsp3) is 0.625. The number of hydrogen-bond donors (Lipinski definition) is 1. The van der Waals surface area contributed by atoms with Crippen LogP contribution in [-0.2, 0) is 0 Å². The summed E-state index contributed by atoms with van der Waals surface area (Å²) in [5, 5.41) is 11.0. The van der Waals surface area contributed by atoms with Crippen molar-refractivity contribution >= 4 is 11.6 Å². The van der Waals surface area contributed by atoms with Crippen molar-refractivity contribution in [3.05, 3.63) is 28.8 Å². The first-order chi connectivity index (χ1) is 8.99. The van der Waals surface area contributed by atoms with E-state index in [1.807, 2.05) is 18.2 Å². The number of aliphatic hydroxyl groups is 1. The minimum absolute atomic E-state index is 0.240. The predicted octanol–water partition coefficient (Wildman–Crippen LogP) is 4.74. The molecule has 1 aliphatic rings. The summed E-state index contributed by atoms with van der Waals surface area (Å²) < 4.78 is 6.25. The molecule has 0 radical (unpaired) electrons. The summed E-state index contributed by atoms with van der Waals surface area (Å²) in [6.45, 7) is 6.57. The molecule has 2 nitrogen and oxygen atoms in total. The van der Waals surface area contributed by atoms with Crippen LogP contribution in [0.3, 0.4) is 0 Å². The minimum atomic E-state index is -0.480. The van der Waals surface area contributed by atoms with Gasteiger partial charge in [-0.05, 0) is 37.0 Å². The molecule has 1 aromatic rings. The molecule has 0 bridgehead atoms. The molecule has 0 fully saturated rings. The van der Waals surface area contributed by atoms with Crippen molar-refractivity contribution in [1.82, 2.24) is 0 Å². The third-order valence-electron chi connectivity index (χ3n) is 4.28. The van der Waals surface area contributed by atoms with Gasteiger partial charge in [-0.3, -0.25) is 0 Å². The second-order valence-electron chi connectivity index (χ2n) is 5.76. The Labute approximate surface area is 120 Å². The van der Waals surface area contributed by atoms with Crippen molar-refractivity contribution < 1.29 is 9.84 Å². The van der Waals surface area contributed by atoms with Crippen LogP contribution in [0, 0.1) is 5.92 Å². The predicted molar refractivity (Wildman–Crippen MR) is 78.8 cm³/mol. The average molecular weight is 283 g/mol. The molecule has 0 amide bonds. The van der Waals surface area contributed by atoms with Crippen molar-refractivity contribution in [2.24, 2.45) is 5.92 Å². The highest BCUT2D eigenvalue weighted by Crippen LogP contribution is 2.44. The highest BCUT2D eigenvalue weighted by Gasteiger charge is 2.39. The Balaban J connectivity index is 2.29. The van der Waals surface area contributed by atoms with Gasteiger partial charge in [0.15, 0.2) is 0 Å². The van der Waals surface area contributed by atoms with Crippen molar-refractivity contribution in [3.63, 3.8) is 0 Å². The number of benzene rings is 1. The van der Waals surface area contributed by atoms with E-state index in [0.29, 0.717) is 17.4 Å². The molecule has 0 saturated heterocycles. The van der Waals surface area contributed by atoms with E-state index in [4.69, 9.17) is 16.3 Å². The lowest BCUT2D eigenvalue weighted by molar-refractivity contribution is -0.0318. The molecule has 1 aliphatic heterocycles. The number of fused-ring (bicyclic) bond motifs is 1. The van der Waals surface area contributed by atoms with Crippen LogP contribution in [0.2, 0.25) is 5.02 Å². The molecule has 106 valence electrons. The number of halogens is 1. The molecular weight excluding hydrogens is 260 g/mol. The standard InChI is InChI=1S/C16H23ClO2/c1-4-11(3)9-16(5-2)10-14(18)13-8-12(17)6-7-15(13)19-16/h6-8,11,14,18H,4-5,9-10H2,1-3H3. The van der Waals surface area contributed by atoms with Gasteiger partial charge in [0.2, 0.25) is 0 Å². The summed E-state index contributed by atoms with van der Waals surface area (Å²) in [6.07, 6.45) is 3.21. The summed E-state index contributed by atoms with van der Waals surface area (Å²) >= 11 is 5.99. The Morgan fingerprint density at radius 1 is 1.47 bits per heavy atom. The van der Waals surface area contributed by atoms with Crippen LogP contribution in [0.15, 0.2) is 18.2 Å². The molecule has 0 aromatic heterocycles. The Kier molecular flexibility index (Phi) is 4.42. The third kappa shape index (κ3) is 3.06. The Bertz CT molecular complexity index is 446. The first-order valence-corrected chi connectivity index (χ1v) is 7.54. The fourth-order valence-electron chi connectivity index (χ4n) is 2.88. The van der Waals surface area contributed by atoms with Crippen LogP contribution < -0.4 is 4.74 Å². The largest absolute Gasteiger partial charge is 0.487 e. The van der Waals surface area contributed by atoms with Gasteiger partial charge in [-0.1, -0.05) is 38.8 Å². The van der Waals surface area contributed by atoms with Crippen LogP contribution in [0.25, 0.3) is 0 Å². The van der Waals surface area contributed by atoms with E-state index < -0.39 is 6.10 Å². The Morgan fingerprint density at radius 3 is 2.84 bits per heavy atom. The zero-order valence-electron chi connectivity index (χ0n) is 11.9. The molecule has 1 aromatic carbocycles. The minimum Gasteiger partial charge on any atom is -0.487 e. The number of ether oxygens (including phenoxy) is 1. The van der Waals surface area contributed by atoms with E-state index in [-0.39, 0.29) is 5.60 Å². The maximum absolute atomic E-state index is 10.4. The van der Waals surface area contributed by atoms with E-state index in [2.05, 4.69) is 20.8 Å². The normalized spacial score (nSPS) is 27.5. The van der Waals surface area contributed by atoms with Crippen LogP contribution in [0.1, 0.15) is 58.1 Å². The van der Waals surface area contributed by atoms with Crippen LogP contribution >= 0.6 is 11.6 Å². The van der Waals surface area contributed by atoms with Crippen LogP contribution in [0.4, 0.5) is 0 Å². The second kappa shape index (κ2) is 5.72. The average Bonchev–Trinajstić information content (AvgIpc) is 2.39. The smallest absolute Gasteiger partial charge is 0.126 e. The second-order valence-corrected chi connectivity index (χ2v) is 6.19. The molecule has 3 atom stereocenters. The zero-order valence-corrected chi connectivity index (χ0v) is 12.7. The zero-order chi connectivity index (χ0) is 14.0. The van der Waals surface area contributed by atoms with Gasteiger partial charge >= 0.3 is 0 Å². The van der Waals surface area contributed by atoms with Gasteiger partial charge in [0, 0.05) is 17.0 Å². The van der Waals surface area contributed by atoms with Gasteiger partial charge in [0.1, 0.15) is 11.4 Å². The van der Waals surface area contributed by atoms with Gasteiger partial charge < -0.3 is 9.84 Å². The monoisotopic (exact) mass is 282 g/mol. The summed E-state index contributed by atoms with van der Waals surface area (Å²) in [5.74, 6) is 1.38. The molecule has 2 rings (SSSR count). The quantitative estimate of drug-likeness (QED) is 0.864. The molecule has 0 aliphatic carbocycles. The van der Waals surface area contributed by atoms with Crippen molar-refractivity contribution in [3.8, 4) is 5.75 Å². The molecule has 19 heavy (non-hydrogen) atoms. The van der Waals surface area contributed by atoms with Crippen molar-refractivity contribution in [2.75, 3.05) is 0 Å². The van der Waals surface area contributed by atoms with E-state index in [1.54, 1.807) is 0 Å². The third-order valence-corrected chi connectivity index (χ3v) is 4.52. The highest BCUT2D eigenvalue weighted by atomic mass is 35.5. The topological polar surface area (TPSA) is 29.5 Å². The number of aliphatic hydroxyl groups excluding tert-OH is 1. The lowest BCUT2D eigenvalue weighted by Crippen LogP contribution is -2.42. The van der Waals surface area contributed by atoms with Gasteiger partial charge in [0.05, 0.1) is 6.10 Å². The van der Waals surface area contributed by atoms with Crippen LogP contribution in [-0.4, -0.2) is 10.7 Å².